The maximum Gasteiger partial charge on any atom is 0.118 e. The smallest absolute Gasteiger partial charge is 0.118 e. The van der Waals surface area contributed by atoms with Gasteiger partial charge in [-0.15, -0.1) is 0 Å². The number of fused-ring (bicyclic) bond motifs is 1. The molecule has 0 aliphatic carbocycles. The molecule has 1 aromatic carbocycles. The van der Waals surface area contributed by atoms with Gasteiger partial charge in [0.1, 0.15) is 5.75 Å². The van der Waals surface area contributed by atoms with Gasteiger partial charge < -0.3 is 4.74 Å². The van der Waals surface area contributed by atoms with Gasteiger partial charge in [0.05, 0.1) is 12.8 Å². The summed E-state index contributed by atoms with van der Waals surface area (Å²) in [5.74, 6) is 0.854. The van der Waals surface area contributed by atoms with Crippen molar-refractivity contribution in [3.63, 3.8) is 0 Å². The standard InChI is InChI=1S/C13H10N2O/c1-16-11-4-2-9(3-5-11)13-12-8-14-6-10(12)7-15-13/h2-8H,1H3. The van der Waals surface area contributed by atoms with Gasteiger partial charge in [0.2, 0.25) is 0 Å². The van der Waals surface area contributed by atoms with Gasteiger partial charge >= 0.3 is 0 Å². The van der Waals surface area contributed by atoms with Crippen LogP contribution in [0.15, 0.2) is 57.8 Å². The van der Waals surface area contributed by atoms with Crippen LogP contribution in [0.3, 0.4) is 0 Å². The molecule has 0 radical (unpaired) electrons. The fourth-order valence-corrected chi connectivity index (χ4v) is 1.82. The van der Waals surface area contributed by atoms with Crippen molar-refractivity contribution in [3.8, 4) is 5.75 Å². The SMILES string of the molecule is COc1ccc(C2=NC=C3C=NC=C32)cc1. The van der Waals surface area contributed by atoms with E-state index in [2.05, 4.69) is 9.98 Å². The summed E-state index contributed by atoms with van der Waals surface area (Å²) in [5, 5.41) is 0. The number of nitrogens with zero attached hydrogens (tertiary/aromatic N) is 2. The van der Waals surface area contributed by atoms with Crippen LogP contribution in [-0.4, -0.2) is 19.0 Å². The summed E-state index contributed by atoms with van der Waals surface area (Å²) in [4.78, 5) is 8.52. The molecule has 3 heteroatoms. The number of methoxy groups -OCH3 is 1. The van der Waals surface area contributed by atoms with Gasteiger partial charge in [0, 0.05) is 35.3 Å². The van der Waals surface area contributed by atoms with Crippen molar-refractivity contribution in [1.82, 2.24) is 0 Å². The van der Waals surface area contributed by atoms with Gasteiger partial charge in [-0.1, -0.05) is 0 Å². The summed E-state index contributed by atoms with van der Waals surface area (Å²) < 4.78 is 5.13. The zero-order chi connectivity index (χ0) is 11.0. The first kappa shape index (κ1) is 9.09. The van der Waals surface area contributed by atoms with Crippen LogP contribution in [0.2, 0.25) is 0 Å². The van der Waals surface area contributed by atoms with E-state index in [1.54, 1.807) is 7.11 Å². The molecule has 0 unspecified atom stereocenters. The largest absolute Gasteiger partial charge is 0.497 e. The second kappa shape index (κ2) is 3.45. The maximum absolute atomic E-state index is 5.13. The molecule has 1 aromatic rings. The van der Waals surface area contributed by atoms with Crippen molar-refractivity contribution < 1.29 is 4.74 Å². The maximum atomic E-state index is 5.13. The number of rotatable bonds is 2. The molecular formula is C13H10N2O. The topological polar surface area (TPSA) is 34.0 Å². The molecule has 2 aliphatic heterocycles. The molecule has 0 spiro atoms. The number of benzene rings is 1. The van der Waals surface area contributed by atoms with Gasteiger partial charge in [0.25, 0.3) is 0 Å². The van der Waals surface area contributed by atoms with Crippen molar-refractivity contribution in [1.29, 1.82) is 0 Å². The summed E-state index contributed by atoms with van der Waals surface area (Å²) in [5.41, 5.74) is 4.26. The minimum absolute atomic E-state index is 0.854. The Morgan fingerprint density at radius 3 is 2.62 bits per heavy atom. The molecule has 2 aliphatic rings. The lowest BCUT2D eigenvalue weighted by molar-refractivity contribution is 0.415. The highest BCUT2D eigenvalue weighted by molar-refractivity contribution is 6.22. The minimum atomic E-state index is 0.854. The normalized spacial score (nSPS) is 16.7. The van der Waals surface area contributed by atoms with Crippen LogP contribution in [0.1, 0.15) is 5.56 Å². The Morgan fingerprint density at radius 2 is 1.88 bits per heavy atom. The van der Waals surface area contributed by atoms with Crippen LogP contribution in [-0.2, 0) is 0 Å². The molecule has 3 nitrogen and oxygen atoms in total. The summed E-state index contributed by atoms with van der Waals surface area (Å²) >= 11 is 0. The van der Waals surface area contributed by atoms with Crippen molar-refractivity contribution in [3.05, 3.63) is 53.4 Å². The predicted molar refractivity (Wildman–Crippen MR) is 64.2 cm³/mol. The number of hydrogen-bond donors (Lipinski definition) is 0. The van der Waals surface area contributed by atoms with Crippen LogP contribution in [0.4, 0.5) is 0 Å². The van der Waals surface area contributed by atoms with Crippen LogP contribution in [0, 0.1) is 0 Å². The Balaban J connectivity index is 1.95. The molecule has 3 rings (SSSR count). The molecular weight excluding hydrogens is 200 g/mol. The highest BCUT2D eigenvalue weighted by atomic mass is 16.5. The Morgan fingerprint density at radius 1 is 1.06 bits per heavy atom. The molecule has 0 bridgehead atoms. The second-order valence-electron chi connectivity index (χ2n) is 3.61. The predicted octanol–water partition coefficient (Wildman–Crippen LogP) is 2.35. The van der Waals surface area contributed by atoms with Gasteiger partial charge in [-0.05, 0) is 24.3 Å². The van der Waals surface area contributed by atoms with Gasteiger partial charge in [-0.25, -0.2) is 0 Å². The van der Waals surface area contributed by atoms with Crippen molar-refractivity contribution in [2.75, 3.05) is 7.11 Å². The zero-order valence-corrected chi connectivity index (χ0v) is 8.84. The summed E-state index contributed by atoms with van der Waals surface area (Å²) in [6.07, 6.45) is 5.53. The third kappa shape index (κ3) is 1.29. The minimum Gasteiger partial charge on any atom is -0.497 e. The van der Waals surface area contributed by atoms with Gasteiger partial charge in [-0.3, -0.25) is 9.98 Å². The molecule has 0 saturated heterocycles. The Hall–Kier alpha value is -2.16. The first-order valence-corrected chi connectivity index (χ1v) is 5.05. The highest BCUT2D eigenvalue weighted by Gasteiger charge is 2.20. The van der Waals surface area contributed by atoms with Gasteiger partial charge in [-0.2, -0.15) is 0 Å². The van der Waals surface area contributed by atoms with Crippen LogP contribution < -0.4 is 4.74 Å². The quantitative estimate of drug-likeness (QED) is 0.737. The molecule has 16 heavy (non-hydrogen) atoms. The molecule has 0 amide bonds. The second-order valence-corrected chi connectivity index (χ2v) is 3.61. The average molecular weight is 210 g/mol. The number of aliphatic imine (C=N–C) groups is 2. The zero-order valence-electron chi connectivity index (χ0n) is 8.84. The van der Waals surface area contributed by atoms with E-state index in [4.69, 9.17) is 4.74 Å². The number of ether oxygens (including phenoxy) is 1. The first-order chi connectivity index (χ1) is 7.88. The van der Waals surface area contributed by atoms with E-state index < -0.39 is 0 Å². The third-order valence-electron chi connectivity index (χ3n) is 2.68. The van der Waals surface area contributed by atoms with Crippen molar-refractivity contribution in [2.45, 2.75) is 0 Å². The average Bonchev–Trinajstić information content (AvgIpc) is 2.91. The van der Waals surface area contributed by atoms with E-state index in [1.165, 1.54) is 0 Å². The van der Waals surface area contributed by atoms with Crippen LogP contribution >= 0.6 is 0 Å². The lowest BCUT2D eigenvalue weighted by atomic mass is 10.0. The van der Waals surface area contributed by atoms with E-state index in [-0.39, 0.29) is 0 Å². The molecule has 0 atom stereocenters. The molecule has 78 valence electrons. The number of hydrogen-bond acceptors (Lipinski definition) is 3. The lowest BCUT2D eigenvalue weighted by Crippen LogP contribution is -2.01. The molecule has 2 heterocycles. The molecule has 0 aromatic heterocycles. The summed E-state index contributed by atoms with van der Waals surface area (Å²) in [7, 11) is 1.66. The van der Waals surface area contributed by atoms with E-state index in [0.29, 0.717) is 0 Å². The lowest BCUT2D eigenvalue weighted by Gasteiger charge is -2.04. The summed E-state index contributed by atoms with van der Waals surface area (Å²) in [6.45, 7) is 0. The summed E-state index contributed by atoms with van der Waals surface area (Å²) in [6, 6.07) is 7.89. The fourth-order valence-electron chi connectivity index (χ4n) is 1.82. The monoisotopic (exact) mass is 210 g/mol. The number of allylic oxidation sites excluding steroid dienone is 2. The molecule has 0 saturated carbocycles. The fraction of sp³-hybridized carbons (Fsp3) is 0.0769. The van der Waals surface area contributed by atoms with Crippen molar-refractivity contribution >= 4 is 11.9 Å². The van der Waals surface area contributed by atoms with Crippen LogP contribution in [0.25, 0.3) is 0 Å². The third-order valence-corrected chi connectivity index (χ3v) is 2.68. The van der Waals surface area contributed by atoms with E-state index in [9.17, 15) is 0 Å². The van der Waals surface area contributed by atoms with Crippen LogP contribution in [0.5, 0.6) is 5.75 Å². The molecule has 0 N–H and O–H groups in total. The van der Waals surface area contributed by atoms with E-state index in [1.807, 2.05) is 42.9 Å². The molecule has 0 fully saturated rings. The van der Waals surface area contributed by atoms with E-state index in [0.717, 1.165) is 28.2 Å². The Kier molecular flexibility index (Phi) is 1.96. The van der Waals surface area contributed by atoms with Crippen molar-refractivity contribution in [2.24, 2.45) is 9.98 Å². The Labute approximate surface area is 93.5 Å². The Bertz CT molecular complexity index is 548. The van der Waals surface area contributed by atoms with E-state index >= 15 is 0 Å². The van der Waals surface area contributed by atoms with Gasteiger partial charge in [0.15, 0.2) is 0 Å². The first-order valence-electron chi connectivity index (χ1n) is 5.05. The highest BCUT2D eigenvalue weighted by Crippen LogP contribution is 2.26.